The van der Waals surface area contributed by atoms with E-state index in [1.807, 2.05) is 14.0 Å². The third-order valence-electron chi connectivity index (χ3n) is 3.26. The van der Waals surface area contributed by atoms with Crippen molar-refractivity contribution in [2.45, 2.75) is 52.6 Å². The lowest BCUT2D eigenvalue weighted by atomic mass is 9.90. The van der Waals surface area contributed by atoms with Gasteiger partial charge in [0.25, 0.3) is 0 Å². The standard InChI is InChI=1S/C13H26N2/c1-7-10-11-12(14-6)13(4,5)15(8-2)9-3/h12,14H,8-9,11H2,1-6H3. The lowest BCUT2D eigenvalue weighted by Crippen LogP contribution is -2.56. The van der Waals surface area contributed by atoms with Crippen LogP contribution in [0.25, 0.3) is 0 Å². The van der Waals surface area contributed by atoms with Crippen molar-refractivity contribution in [1.82, 2.24) is 10.2 Å². The zero-order valence-electron chi connectivity index (χ0n) is 11.1. The first kappa shape index (κ1) is 14.5. The first-order valence-corrected chi connectivity index (χ1v) is 5.86. The zero-order chi connectivity index (χ0) is 11.9. The fraction of sp³-hybridized carbons (Fsp3) is 0.846. The largest absolute Gasteiger partial charge is 0.314 e. The topological polar surface area (TPSA) is 15.3 Å². The van der Waals surface area contributed by atoms with Crippen molar-refractivity contribution in [2.75, 3.05) is 20.1 Å². The van der Waals surface area contributed by atoms with E-state index < -0.39 is 0 Å². The summed E-state index contributed by atoms with van der Waals surface area (Å²) in [5.41, 5.74) is 0.155. The summed E-state index contributed by atoms with van der Waals surface area (Å²) in [6.45, 7) is 13.1. The Kier molecular flexibility index (Phi) is 6.63. The Bertz CT molecular complexity index is 218. The average Bonchev–Trinajstić information content (AvgIpc) is 2.20. The Morgan fingerprint density at radius 2 is 1.80 bits per heavy atom. The van der Waals surface area contributed by atoms with E-state index in [-0.39, 0.29) is 5.54 Å². The molecule has 1 atom stereocenters. The second kappa shape index (κ2) is 6.87. The van der Waals surface area contributed by atoms with Crippen molar-refractivity contribution in [1.29, 1.82) is 0 Å². The van der Waals surface area contributed by atoms with Crippen LogP contribution in [0.3, 0.4) is 0 Å². The highest BCUT2D eigenvalue weighted by Gasteiger charge is 2.32. The van der Waals surface area contributed by atoms with Crippen LogP contribution < -0.4 is 5.32 Å². The molecule has 0 spiro atoms. The smallest absolute Gasteiger partial charge is 0.0354 e. The van der Waals surface area contributed by atoms with Crippen molar-refractivity contribution < 1.29 is 0 Å². The Labute approximate surface area is 95.4 Å². The predicted octanol–water partition coefficient (Wildman–Crippen LogP) is 2.11. The molecule has 2 nitrogen and oxygen atoms in total. The van der Waals surface area contributed by atoms with Crippen LogP contribution >= 0.6 is 0 Å². The van der Waals surface area contributed by atoms with Gasteiger partial charge in [0, 0.05) is 18.0 Å². The van der Waals surface area contributed by atoms with E-state index in [4.69, 9.17) is 0 Å². The van der Waals surface area contributed by atoms with Crippen LogP contribution in [-0.4, -0.2) is 36.6 Å². The Morgan fingerprint density at radius 1 is 1.27 bits per heavy atom. The van der Waals surface area contributed by atoms with E-state index in [1.165, 1.54) is 0 Å². The Balaban J connectivity index is 4.66. The van der Waals surface area contributed by atoms with E-state index in [9.17, 15) is 0 Å². The lowest BCUT2D eigenvalue weighted by molar-refractivity contribution is 0.0962. The van der Waals surface area contributed by atoms with Gasteiger partial charge in [0.1, 0.15) is 0 Å². The molecular weight excluding hydrogens is 184 g/mol. The SMILES string of the molecule is CC#CCC(NC)C(C)(C)N(CC)CC. The van der Waals surface area contributed by atoms with Gasteiger partial charge in [0.05, 0.1) is 0 Å². The number of nitrogens with zero attached hydrogens (tertiary/aromatic N) is 1. The minimum atomic E-state index is 0.155. The van der Waals surface area contributed by atoms with E-state index in [2.05, 4.69) is 49.8 Å². The molecule has 0 aliphatic heterocycles. The summed E-state index contributed by atoms with van der Waals surface area (Å²) in [5.74, 6) is 6.14. The highest BCUT2D eigenvalue weighted by atomic mass is 15.2. The molecule has 0 aliphatic rings. The summed E-state index contributed by atoms with van der Waals surface area (Å²) in [7, 11) is 2.02. The van der Waals surface area contributed by atoms with Gasteiger partial charge in [-0.3, -0.25) is 4.90 Å². The molecule has 0 aliphatic carbocycles. The second-order valence-electron chi connectivity index (χ2n) is 4.30. The van der Waals surface area contributed by atoms with Gasteiger partial charge in [0.15, 0.2) is 0 Å². The Hall–Kier alpha value is -0.520. The van der Waals surface area contributed by atoms with Gasteiger partial charge < -0.3 is 5.32 Å². The fourth-order valence-corrected chi connectivity index (χ4v) is 2.17. The van der Waals surface area contributed by atoms with E-state index >= 15 is 0 Å². The van der Waals surface area contributed by atoms with E-state index in [1.54, 1.807) is 0 Å². The van der Waals surface area contributed by atoms with Crippen molar-refractivity contribution in [3.8, 4) is 11.8 Å². The molecule has 0 saturated heterocycles. The van der Waals surface area contributed by atoms with Crippen molar-refractivity contribution >= 4 is 0 Å². The lowest BCUT2D eigenvalue weighted by Gasteiger charge is -2.42. The van der Waals surface area contributed by atoms with Gasteiger partial charge in [-0.1, -0.05) is 13.8 Å². The zero-order valence-corrected chi connectivity index (χ0v) is 11.1. The van der Waals surface area contributed by atoms with Crippen molar-refractivity contribution in [2.24, 2.45) is 0 Å². The molecular formula is C13H26N2. The molecule has 0 aromatic heterocycles. The van der Waals surface area contributed by atoms with Crippen LogP contribution in [0.4, 0.5) is 0 Å². The summed E-state index contributed by atoms with van der Waals surface area (Å²) in [6, 6.07) is 0.421. The number of nitrogens with one attached hydrogen (secondary N) is 1. The molecule has 1 unspecified atom stereocenters. The maximum Gasteiger partial charge on any atom is 0.0354 e. The van der Waals surface area contributed by atoms with Gasteiger partial charge in [-0.2, -0.15) is 0 Å². The highest BCUT2D eigenvalue weighted by molar-refractivity contribution is 5.04. The quantitative estimate of drug-likeness (QED) is 0.676. The normalized spacial score (nSPS) is 13.5. The first-order valence-electron chi connectivity index (χ1n) is 5.86. The monoisotopic (exact) mass is 210 g/mol. The van der Waals surface area contributed by atoms with Crippen LogP contribution in [0, 0.1) is 11.8 Å². The minimum absolute atomic E-state index is 0.155. The molecule has 15 heavy (non-hydrogen) atoms. The van der Waals surface area contributed by atoms with E-state index in [0.29, 0.717) is 6.04 Å². The molecule has 0 aromatic carbocycles. The number of rotatable bonds is 6. The van der Waals surface area contributed by atoms with Gasteiger partial charge in [-0.15, -0.1) is 11.8 Å². The van der Waals surface area contributed by atoms with Crippen LogP contribution in [0.1, 0.15) is 41.0 Å². The van der Waals surface area contributed by atoms with Crippen LogP contribution in [0.15, 0.2) is 0 Å². The summed E-state index contributed by atoms with van der Waals surface area (Å²) in [5, 5.41) is 3.38. The second-order valence-corrected chi connectivity index (χ2v) is 4.30. The summed E-state index contributed by atoms with van der Waals surface area (Å²) in [4.78, 5) is 2.48. The molecule has 0 heterocycles. The fourth-order valence-electron chi connectivity index (χ4n) is 2.17. The highest BCUT2D eigenvalue weighted by Crippen LogP contribution is 2.20. The third kappa shape index (κ3) is 3.85. The summed E-state index contributed by atoms with van der Waals surface area (Å²) < 4.78 is 0. The molecule has 0 rings (SSSR count). The summed E-state index contributed by atoms with van der Waals surface area (Å²) >= 11 is 0. The first-order chi connectivity index (χ1) is 7.04. The molecule has 0 bridgehead atoms. The van der Waals surface area contributed by atoms with Crippen LogP contribution in [0.5, 0.6) is 0 Å². The van der Waals surface area contributed by atoms with Crippen LogP contribution in [-0.2, 0) is 0 Å². The third-order valence-corrected chi connectivity index (χ3v) is 3.26. The number of likely N-dealkylation sites (N-methyl/N-ethyl adjacent to an activating group) is 2. The predicted molar refractivity (Wildman–Crippen MR) is 67.9 cm³/mol. The van der Waals surface area contributed by atoms with Gasteiger partial charge in [0.2, 0.25) is 0 Å². The number of hydrogen-bond donors (Lipinski definition) is 1. The number of hydrogen-bond acceptors (Lipinski definition) is 2. The van der Waals surface area contributed by atoms with Crippen LogP contribution in [0.2, 0.25) is 0 Å². The molecule has 0 radical (unpaired) electrons. The van der Waals surface area contributed by atoms with E-state index in [0.717, 1.165) is 19.5 Å². The van der Waals surface area contributed by atoms with Gasteiger partial charge in [-0.05, 0) is 40.9 Å². The molecule has 88 valence electrons. The molecule has 2 heteroatoms. The Morgan fingerprint density at radius 3 is 2.13 bits per heavy atom. The minimum Gasteiger partial charge on any atom is -0.314 e. The van der Waals surface area contributed by atoms with Gasteiger partial charge >= 0.3 is 0 Å². The molecule has 0 saturated carbocycles. The van der Waals surface area contributed by atoms with Gasteiger partial charge in [-0.25, -0.2) is 0 Å². The van der Waals surface area contributed by atoms with Crippen molar-refractivity contribution in [3.63, 3.8) is 0 Å². The molecule has 1 N–H and O–H groups in total. The molecule has 0 fully saturated rings. The molecule has 0 aromatic rings. The maximum absolute atomic E-state index is 3.38. The maximum atomic E-state index is 3.38. The van der Waals surface area contributed by atoms with Crippen molar-refractivity contribution in [3.05, 3.63) is 0 Å². The average molecular weight is 210 g/mol. The molecule has 0 amide bonds. The summed E-state index contributed by atoms with van der Waals surface area (Å²) in [6.07, 6.45) is 0.913.